The SMILES string of the molecule is Cc1ccc(Nc2nc(N)ncc2Cl)c(F)c1. The number of nitrogens with zero attached hydrogens (tertiary/aromatic N) is 2. The Balaban J connectivity index is 2.34. The van der Waals surface area contributed by atoms with Crippen molar-refractivity contribution in [1.82, 2.24) is 9.97 Å². The largest absolute Gasteiger partial charge is 0.368 e. The molecule has 2 rings (SSSR count). The fraction of sp³-hybridized carbons (Fsp3) is 0.0909. The topological polar surface area (TPSA) is 63.8 Å². The van der Waals surface area contributed by atoms with Gasteiger partial charge in [0, 0.05) is 0 Å². The average Bonchev–Trinajstić information content (AvgIpc) is 2.27. The van der Waals surface area contributed by atoms with Crippen LogP contribution in [0.4, 0.5) is 21.8 Å². The molecule has 0 aliphatic heterocycles. The molecular formula is C11H10ClFN4. The number of nitrogens with one attached hydrogen (secondary N) is 1. The molecule has 2 aromatic rings. The molecule has 0 bridgehead atoms. The summed E-state index contributed by atoms with van der Waals surface area (Å²) < 4.78 is 13.6. The number of nitrogens with two attached hydrogens (primary N) is 1. The number of anilines is 3. The second kappa shape index (κ2) is 4.55. The molecule has 1 heterocycles. The van der Waals surface area contributed by atoms with E-state index in [2.05, 4.69) is 15.3 Å². The number of aromatic nitrogens is 2. The fourth-order valence-corrected chi connectivity index (χ4v) is 1.46. The van der Waals surface area contributed by atoms with Crippen molar-refractivity contribution in [3.05, 3.63) is 40.8 Å². The number of rotatable bonds is 2. The van der Waals surface area contributed by atoms with E-state index in [4.69, 9.17) is 17.3 Å². The van der Waals surface area contributed by atoms with E-state index >= 15 is 0 Å². The summed E-state index contributed by atoms with van der Waals surface area (Å²) >= 11 is 5.86. The number of hydrogen-bond acceptors (Lipinski definition) is 4. The molecule has 0 aliphatic carbocycles. The van der Waals surface area contributed by atoms with Crippen LogP contribution >= 0.6 is 11.6 Å². The van der Waals surface area contributed by atoms with Crippen molar-refractivity contribution < 1.29 is 4.39 Å². The van der Waals surface area contributed by atoms with Crippen LogP contribution in [0.25, 0.3) is 0 Å². The van der Waals surface area contributed by atoms with Crippen LogP contribution in [-0.4, -0.2) is 9.97 Å². The van der Waals surface area contributed by atoms with E-state index in [1.54, 1.807) is 12.1 Å². The Kier molecular flexibility index (Phi) is 3.10. The molecule has 0 spiro atoms. The smallest absolute Gasteiger partial charge is 0.222 e. The highest BCUT2D eigenvalue weighted by Crippen LogP contribution is 2.25. The van der Waals surface area contributed by atoms with E-state index in [-0.39, 0.29) is 28.3 Å². The summed E-state index contributed by atoms with van der Waals surface area (Å²) in [7, 11) is 0. The minimum Gasteiger partial charge on any atom is -0.368 e. The van der Waals surface area contributed by atoms with E-state index in [0.717, 1.165) is 5.56 Å². The third-order valence-electron chi connectivity index (χ3n) is 2.14. The van der Waals surface area contributed by atoms with Crippen LogP contribution in [0.1, 0.15) is 5.56 Å². The number of aryl methyl sites for hydroxylation is 1. The number of nitrogen functional groups attached to an aromatic ring is 1. The van der Waals surface area contributed by atoms with E-state index in [9.17, 15) is 4.39 Å². The molecule has 17 heavy (non-hydrogen) atoms. The van der Waals surface area contributed by atoms with Gasteiger partial charge in [0.2, 0.25) is 5.95 Å². The highest BCUT2D eigenvalue weighted by atomic mass is 35.5. The number of benzene rings is 1. The normalized spacial score (nSPS) is 10.3. The fourth-order valence-electron chi connectivity index (χ4n) is 1.32. The Labute approximate surface area is 103 Å². The van der Waals surface area contributed by atoms with Gasteiger partial charge in [0.1, 0.15) is 10.8 Å². The quantitative estimate of drug-likeness (QED) is 0.863. The molecule has 0 atom stereocenters. The highest BCUT2D eigenvalue weighted by Gasteiger charge is 2.07. The highest BCUT2D eigenvalue weighted by molar-refractivity contribution is 6.32. The van der Waals surface area contributed by atoms with Crippen LogP contribution in [-0.2, 0) is 0 Å². The van der Waals surface area contributed by atoms with Gasteiger partial charge in [-0.3, -0.25) is 0 Å². The third kappa shape index (κ3) is 2.62. The molecular weight excluding hydrogens is 243 g/mol. The predicted molar refractivity (Wildman–Crippen MR) is 65.9 cm³/mol. The van der Waals surface area contributed by atoms with Crippen molar-refractivity contribution in [2.24, 2.45) is 0 Å². The van der Waals surface area contributed by atoms with Crippen molar-refractivity contribution >= 4 is 29.1 Å². The molecule has 0 saturated carbocycles. The first-order valence-corrected chi connectivity index (χ1v) is 5.25. The van der Waals surface area contributed by atoms with Crippen LogP contribution in [0, 0.1) is 12.7 Å². The van der Waals surface area contributed by atoms with Gasteiger partial charge in [-0.1, -0.05) is 17.7 Å². The molecule has 3 N–H and O–H groups in total. The van der Waals surface area contributed by atoms with Crippen LogP contribution in [0.3, 0.4) is 0 Å². The number of halogens is 2. The maximum absolute atomic E-state index is 13.6. The second-order valence-corrected chi connectivity index (χ2v) is 3.94. The van der Waals surface area contributed by atoms with Crippen molar-refractivity contribution in [2.75, 3.05) is 11.1 Å². The average molecular weight is 253 g/mol. The van der Waals surface area contributed by atoms with Gasteiger partial charge < -0.3 is 11.1 Å². The second-order valence-electron chi connectivity index (χ2n) is 3.53. The maximum atomic E-state index is 13.6. The zero-order valence-electron chi connectivity index (χ0n) is 9.04. The Bertz CT molecular complexity index is 559. The van der Waals surface area contributed by atoms with Gasteiger partial charge in [-0.25, -0.2) is 9.37 Å². The minimum atomic E-state index is -0.377. The standard InChI is InChI=1S/C11H10ClFN4/c1-6-2-3-9(8(13)4-6)16-10-7(12)5-15-11(14)17-10/h2-5H,1H3,(H3,14,15,16,17). The summed E-state index contributed by atoms with van der Waals surface area (Å²) in [6, 6.07) is 4.81. The maximum Gasteiger partial charge on any atom is 0.222 e. The lowest BCUT2D eigenvalue weighted by molar-refractivity contribution is 0.630. The minimum absolute atomic E-state index is 0.0735. The Morgan fingerprint density at radius 1 is 1.41 bits per heavy atom. The summed E-state index contributed by atoms with van der Waals surface area (Å²) in [6.07, 6.45) is 1.36. The van der Waals surface area contributed by atoms with Gasteiger partial charge in [-0.15, -0.1) is 0 Å². The Morgan fingerprint density at radius 3 is 2.88 bits per heavy atom. The van der Waals surface area contributed by atoms with Crippen LogP contribution < -0.4 is 11.1 Å². The van der Waals surface area contributed by atoms with Gasteiger partial charge >= 0.3 is 0 Å². The first-order valence-electron chi connectivity index (χ1n) is 4.87. The Morgan fingerprint density at radius 2 is 2.18 bits per heavy atom. The van der Waals surface area contributed by atoms with Crippen molar-refractivity contribution in [1.29, 1.82) is 0 Å². The summed E-state index contributed by atoms with van der Waals surface area (Å²) in [5.74, 6) is -0.0235. The molecule has 0 radical (unpaired) electrons. The molecule has 0 fully saturated rings. The summed E-state index contributed by atoms with van der Waals surface area (Å²) in [5, 5.41) is 3.05. The van der Waals surface area contributed by atoms with E-state index < -0.39 is 0 Å². The molecule has 6 heteroatoms. The lowest BCUT2D eigenvalue weighted by atomic mass is 10.2. The van der Waals surface area contributed by atoms with E-state index in [1.165, 1.54) is 12.3 Å². The third-order valence-corrected chi connectivity index (χ3v) is 2.42. The Hall–Kier alpha value is -1.88. The van der Waals surface area contributed by atoms with Crippen LogP contribution in [0.15, 0.2) is 24.4 Å². The zero-order chi connectivity index (χ0) is 12.4. The number of hydrogen-bond donors (Lipinski definition) is 2. The first kappa shape index (κ1) is 11.6. The molecule has 0 unspecified atom stereocenters. The zero-order valence-corrected chi connectivity index (χ0v) is 9.79. The summed E-state index contributed by atoms with van der Waals surface area (Å²) in [6.45, 7) is 1.81. The molecule has 88 valence electrons. The van der Waals surface area contributed by atoms with Crippen molar-refractivity contribution in [3.8, 4) is 0 Å². The van der Waals surface area contributed by atoms with Gasteiger partial charge in [0.15, 0.2) is 5.82 Å². The molecule has 4 nitrogen and oxygen atoms in total. The van der Waals surface area contributed by atoms with Crippen LogP contribution in [0.5, 0.6) is 0 Å². The first-order chi connectivity index (χ1) is 8.06. The molecule has 1 aromatic heterocycles. The molecule has 0 aliphatic rings. The molecule has 1 aromatic carbocycles. The van der Waals surface area contributed by atoms with E-state index in [0.29, 0.717) is 0 Å². The molecule has 0 amide bonds. The van der Waals surface area contributed by atoms with Gasteiger partial charge in [-0.2, -0.15) is 4.98 Å². The monoisotopic (exact) mass is 252 g/mol. The van der Waals surface area contributed by atoms with Crippen molar-refractivity contribution in [2.45, 2.75) is 6.92 Å². The van der Waals surface area contributed by atoms with Gasteiger partial charge in [-0.05, 0) is 24.6 Å². The van der Waals surface area contributed by atoms with Gasteiger partial charge in [0.05, 0.1) is 11.9 Å². The predicted octanol–water partition coefficient (Wildman–Crippen LogP) is 2.90. The lowest BCUT2D eigenvalue weighted by Gasteiger charge is -2.08. The van der Waals surface area contributed by atoms with Crippen LogP contribution in [0.2, 0.25) is 5.02 Å². The van der Waals surface area contributed by atoms with Gasteiger partial charge in [0.25, 0.3) is 0 Å². The summed E-state index contributed by atoms with van der Waals surface area (Å²) in [4.78, 5) is 7.61. The van der Waals surface area contributed by atoms with E-state index in [1.807, 2.05) is 6.92 Å². The van der Waals surface area contributed by atoms with Crippen molar-refractivity contribution in [3.63, 3.8) is 0 Å². The molecule has 0 saturated heterocycles. The summed E-state index contributed by atoms with van der Waals surface area (Å²) in [5.41, 5.74) is 6.55. The lowest BCUT2D eigenvalue weighted by Crippen LogP contribution is -2.01.